The van der Waals surface area contributed by atoms with E-state index in [0.717, 1.165) is 15.0 Å². The Morgan fingerprint density at radius 2 is 1.91 bits per heavy atom. The van der Waals surface area contributed by atoms with E-state index in [9.17, 15) is 4.79 Å². The largest absolute Gasteiger partial charge is 0.379 e. The van der Waals surface area contributed by atoms with Crippen molar-refractivity contribution in [2.75, 3.05) is 5.32 Å². The molecule has 0 saturated carbocycles. The maximum atomic E-state index is 12.7. The van der Waals surface area contributed by atoms with Gasteiger partial charge < -0.3 is 5.32 Å². The van der Waals surface area contributed by atoms with Crippen LogP contribution in [0.4, 0.5) is 5.69 Å². The molecule has 0 spiro atoms. The molecule has 3 nitrogen and oxygen atoms in total. The molecular weight excluding hydrogens is 396 g/mol. The van der Waals surface area contributed by atoms with Gasteiger partial charge in [0.05, 0.1) is 6.54 Å². The summed E-state index contributed by atoms with van der Waals surface area (Å²) in [5, 5.41) is 3.29. The molecule has 0 unspecified atom stereocenters. The van der Waals surface area contributed by atoms with Crippen LogP contribution in [-0.4, -0.2) is 10.8 Å². The number of thiazole rings is 1. The Morgan fingerprint density at radius 1 is 1.17 bits per heavy atom. The first-order valence-electron chi connectivity index (χ1n) is 6.87. The highest BCUT2D eigenvalue weighted by molar-refractivity contribution is 9.10. The summed E-state index contributed by atoms with van der Waals surface area (Å²) in [7, 11) is 0. The molecular formula is C17H12BrClN2OS. The van der Waals surface area contributed by atoms with Crippen LogP contribution in [-0.2, 0) is 6.54 Å². The summed E-state index contributed by atoms with van der Waals surface area (Å²) >= 11 is 10.6. The molecule has 0 amide bonds. The van der Waals surface area contributed by atoms with Crippen molar-refractivity contribution in [1.82, 2.24) is 4.98 Å². The molecule has 6 heteroatoms. The van der Waals surface area contributed by atoms with Gasteiger partial charge in [-0.1, -0.05) is 39.7 Å². The topological polar surface area (TPSA) is 42.0 Å². The normalized spacial score (nSPS) is 10.5. The minimum atomic E-state index is -0.0112. The fourth-order valence-electron chi connectivity index (χ4n) is 2.14. The summed E-state index contributed by atoms with van der Waals surface area (Å²) in [6.45, 7) is 0.578. The summed E-state index contributed by atoms with van der Waals surface area (Å²) in [6.07, 6.45) is 1.74. The van der Waals surface area contributed by atoms with Crippen LogP contribution in [0.1, 0.15) is 20.8 Å². The zero-order valence-corrected chi connectivity index (χ0v) is 15.1. The number of carbonyl (C=O) groups is 1. The maximum absolute atomic E-state index is 12.7. The van der Waals surface area contributed by atoms with Gasteiger partial charge in [0.2, 0.25) is 0 Å². The van der Waals surface area contributed by atoms with Crippen molar-refractivity contribution in [2.45, 2.75) is 6.54 Å². The Morgan fingerprint density at radius 3 is 2.61 bits per heavy atom. The summed E-state index contributed by atoms with van der Waals surface area (Å²) in [4.78, 5) is 17.7. The molecule has 3 rings (SSSR count). The quantitative estimate of drug-likeness (QED) is 0.576. The van der Waals surface area contributed by atoms with Crippen LogP contribution in [0, 0.1) is 0 Å². The van der Waals surface area contributed by atoms with Crippen LogP contribution in [0.25, 0.3) is 0 Å². The Labute approximate surface area is 151 Å². The number of anilines is 1. The van der Waals surface area contributed by atoms with Gasteiger partial charge in [-0.25, -0.2) is 4.98 Å². The molecule has 0 radical (unpaired) electrons. The minimum absolute atomic E-state index is 0.0112. The number of benzene rings is 2. The zero-order chi connectivity index (χ0) is 16.2. The molecule has 0 aliphatic rings. The summed E-state index contributed by atoms with van der Waals surface area (Å²) < 4.78 is 1.46. The maximum Gasteiger partial charge on any atom is 0.195 e. The number of carbonyl (C=O) groups excluding carboxylic acids is 1. The van der Waals surface area contributed by atoms with E-state index < -0.39 is 0 Å². The number of nitrogens with zero attached hydrogens (tertiary/aromatic N) is 1. The third-order valence-corrected chi connectivity index (χ3v) is 4.90. The molecule has 1 aromatic heterocycles. The number of aromatic nitrogens is 1. The van der Waals surface area contributed by atoms with E-state index >= 15 is 0 Å². The smallest absolute Gasteiger partial charge is 0.195 e. The Hall–Kier alpha value is -1.69. The fraction of sp³-hybridized carbons (Fsp3) is 0.0588. The molecule has 0 saturated heterocycles. The molecule has 0 aliphatic heterocycles. The fourth-order valence-corrected chi connectivity index (χ4v) is 3.32. The lowest BCUT2D eigenvalue weighted by atomic mass is 10.0. The van der Waals surface area contributed by atoms with Crippen LogP contribution < -0.4 is 5.32 Å². The second-order valence-corrected chi connectivity index (χ2v) is 7.43. The standard InChI is InChI=1S/C17H12BrClN2OS/c18-12-7-5-11(6-8-12)16(22)14-3-1-2-4-15(14)20-9-13-10-21-17(19)23-13/h1-8,10,20H,9H2. The number of para-hydroxylation sites is 1. The molecule has 3 aromatic rings. The highest BCUT2D eigenvalue weighted by Crippen LogP contribution is 2.23. The number of halogens is 2. The Kier molecular flexibility index (Phi) is 5.10. The van der Waals surface area contributed by atoms with Crippen LogP contribution in [0.15, 0.2) is 59.2 Å². The van der Waals surface area contributed by atoms with Gasteiger partial charge in [0.15, 0.2) is 10.3 Å². The molecule has 0 bridgehead atoms. The van der Waals surface area contributed by atoms with Crippen molar-refractivity contribution in [1.29, 1.82) is 0 Å². The van der Waals surface area contributed by atoms with Gasteiger partial charge in [0.1, 0.15) is 0 Å². The van der Waals surface area contributed by atoms with Crippen molar-refractivity contribution >= 4 is 50.3 Å². The lowest BCUT2D eigenvalue weighted by Gasteiger charge is -2.10. The predicted molar refractivity (Wildman–Crippen MR) is 98.5 cm³/mol. The van der Waals surface area contributed by atoms with Gasteiger partial charge in [-0.3, -0.25) is 4.79 Å². The SMILES string of the molecule is O=C(c1ccc(Br)cc1)c1ccccc1NCc1cnc(Cl)s1. The summed E-state index contributed by atoms with van der Waals surface area (Å²) in [5.41, 5.74) is 2.10. The first kappa shape index (κ1) is 16.2. The predicted octanol–water partition coefficient (Wildman–Crippen LogP) is 5.40. The van der Waals surface area contributed by atoms with Crippen LogP contribution in [0.2, 0.25) is 4.47 Å². The van der Waals surface area contributed by atoms with Crippen molar-refractivity contribution in [3.05, 3.63) is 79.7 Å². The molecule has 0 fully saturated rings. The number of hydrogen-bond donors (Lipinski definition) is 1. The highest BCUT2D eigenvalue weighted by Gasteiger charge is 2.13. The molecule has 2 aromatic carbocycles. The van der Waals surface area contributed by atoms with Crippen LogP contribution in [0.5, 0.6) is 0 Å². The minimum Gasteiger partial charge on any atom is -0.379 e. The average molecular weight is 408 g/mol. The number of rotatable bonds is 5. The molecule has 1 N–H and O–H groups in total. The van der Waals surface area contributed by atoms with E-state index in [4.69, 9.17) is 11.6 Å². The lowest BCUT2D eigenvalue weighted by molar-refractivity contribution is 0.103. The monoisotopic (exact) mass is 406 g/mol. The van der Waals surface area contributed by atoms with E-state index in [-0.39, 0.29) is 5.78 Å². The van der Waals surface area contributed by atoms with Crippen LogP contribution >= 0.6 is 38.9 Å². The zero-order valence-electron chi connectivity index (χ0n) is 11.9. The third kappa shape index (κ3) is 3.99. The van der Waals surface area contributed by atoms with Gasteiger partial charge in [0, 0.05) is 32.4 Å². The average Bonchev–Trinajstić information content (AvgIpc) is 2.99. The Balaban J connectivity index is 1.82. The van der Waals surface area contributed by atoms with E-state index in [0.29, 0.717) is 22.1 Å². The van der Waals surface area contributed by atoms with Crippen molar-refractivity contribution in [2.24, 2.45) is 0 Å². The Bertz CT molecular complexity index is 833. The molecule has 23 heavy (non-hydrogen) atoms. The second kappa shape index (κ2) is 7.25. The molecule has 0 aliphatic carbocycles. The van der Waals surface area contributed by atoms with Crippen molar-refractivity contribution in [3.8, 4) is 0 Å². The summed E-state index contributed by atoms with van der Waals surface area (Å²) in [5.74, 6) is -0.0112. The highest BCUT2D eigenvalue weighted by atomic mass is 79.9. The lowest BCUT2D eigenvalue weighted by Crippen LogP contribution is -2.07. The van der Waals surface area contributed by atoms with Crippen molar-refractivity contribution < 1.29 is 4.79 Å². The number of ketones is 1. The second-order valence-electron chi connectivity index (χ2n) is 4.81. The first-order valence-corrected chi connectivity index (χ1v) is 8.85. The van der Waals surface area contributed by atoms with E-state index in [2.05, 4.69) is 26.2 Å². The van der Waals surface area contributed by atoms with E-state index in [1.807, 2.05) is 48.5 Å². The van der Waals surface area contributed by atoms with E-state index in [1.54, 1.807) is 6.20 Å². The third-order valence-electron chi connectivity index (χ3n) is 3.26. The molecule has 0 atom stereocenters. The van der Waals surface area contributed by atoms with Gasteiger partial charge in [-0.15, -0.1) is 11.3 Å². The summed E-state index contributed by atoms with van der Waals surface area (Å²) in [6, 6.07) is 14.8. The van der Waals surface area contributed by atoms with Gasteiger partial charge >= 0.3 is 0 Å². The number of hydrogen-bond acceptors (Lipinski definition) is 4. The van der Waals surface area contributed by atoms with Gasteiger partial charge in [0.25, 0.3) is 0 Å². The van der Waals surface area contributed by atoms with Crippen molar-refractivity contribution in [3.63, 3.8) is 0 Å². The molecule has 116 valence electrons. The first-order chi connectivity index (χ1) is 11.1. The van der Waals surface area contributed by atoms with Gasteiger partial charge in [-0.2, -0.15) is 0 Å². The number of nitrogens with one attached hydrogen (secondary N) is 1. The van der Waals surface area contributed by atoms with E-state index in [1.165, 1.54) is 11.3 Å². The molecule has 1 heterocycles. The van der Waals surface area contributed by atoms with Gasteiger partial charge in [-0.05, 0) is 36.4 Å². The van der Waals surface area contributed by atoms with Crippen LogP contribution in [0.3, 0.4) is 0 Å².